The van der Waals surface area contributed by atoms with Gasteiger partial charge < -0.3 is 10.6 Å². The fraction of sp³-hybridized carbons (Fsp3) is 0.250. The Labute approximate surface area is 198 Å². The molecule has 4 aromatic rings. The van der Waals surface area contributed by atoms with Crippen LogP contribution in [-0.4, -0.2) is 27.6 Å². The zero-order chi connectivity index (χ0) is 23.4. The summed E-state index contributed by atoms with van der Waals surface area (Å²) in [5.41, 5.74) is 3.68. The zero-order valence-corrected chi connectivity index (χ0v) is 19.0. The van der Waals surface area contributed by atoms with Crippen LogP contribution >= 0.6 is 0 Å². The second kappa shape index (κ2) is 9.51. The van der Waals surface area contributed by atoms with Crippen LogP contribution in [0.2, 0.25) is 0 Å². The maximum Gasteiger partial charge on any atom is 0.220 e. The highest BCUT2D eigenvalue weighted by molar-refractivity contribution is 5.83. The molecule has 0 spiro atoms. The molecule has 6 nitrogen and oxygen atoms in total. The van der Waals surface area contributed by atoms with Crippen molar-refractivity contribution in [2.75, 3.05) is 0 Å². The third kappa shape index (κ3) is 4.86. The van der Waals surface area contributed by atoms with Gasteiger partial charge in [0.15, 0.2) is 0 Å². The number of hydrogen-bond donors (Lipinski definition) is 3. The molecule has 5 rings (SSSR count). The molecule has 1 aliphatic heterocycles. The van der Waals surface area contributed by atoms with Crippen molar-refractivity contribution < 1.29 is 9.59 Å². The maximum atomic E-state index is 12.7. The molecule has 2 heterocycles. The number of H-pyrrole nitrogens is 1. The van der Waals surface area contributed by atoms with E-state index in [9.17, 15) is 9.59 Å². The quantitative estimate of drug-likeness (QED) is 0.367. The molecule has 1 fully saturated rings. The number of nitrogens with zero attached hydrogens (tertiary/aromatic N) is 1. The van der Waals surface area contributed by atoms with Gasteiger partial charge in [-0.15, -0.1) is 0 Å². The molecule has 1 aliphatic rings. The van der Waals surface area contributed by atoms with Gasteiger partial charge in [-0.1, -0.05) is 72.8 Å². The molecule has 1 saturated heterocycles. The Morgan fingerprint density at radius 2 is 1.79 bits per heavy atom. The number of nitrogens with one attached hydrogen (secondary N) is 3. The molecular weight excluding hydrogens is 424 g/mol. The lowest BCUT2D eigenvalue weighted by molar-refractivity contribution is -0.122. The fourth-order valence-corrected chi connectivity index (χ4v) is 4.86. The summed E-state index contributed by atoms with van der Waals surface area (Å²) in [4.78, 5) is 24.9. The summed E-state index contributed by atoms with van der Waals surface area (Å²) >= 11 is 0. The van der Waals surface area contributed by atoms with Gasteiger partial charge in [0, 0.05) is 30.5 Å². The molecule has 2 amide bonds. The SMILES string of the molecule is O=C(CC[C@@]1(Cc2ccc3ccccc3c2)CCC(=O)N1)NCc1cn[nH]c1-c1ccccc1. The lowest BCUT2D eigenvalue weighted by Gasteiger charge is -2.29. The molecule has 6 heteroatoms. The monoisotopic (exact) mass is 452 g/mol. The van der Waals surface area contributed by atoms with E-state index in [1.165, 1.54) is 16.3 Å². The molecule has 3 aromatic carbocycles. The molecule has 172 valence electrons. The topological polar surface area (TPSA) is 86.9 Å². The maximum absolute atomic E-state index is 12.7. The predicted molar refractivity (Wildman–Crippen MR) is 133 cm³/mol. The normalized spacial score (nSPS) is 17.6. The molecule has 3 N–H and O–H groups in total. The van der Waals surface area contributed by atoms with E-state index >= 15 is 0 Å². The number of carbonyl (C=O) groups is 2. The summed E-state index contributed by atoms with van der Waals surface area (Å²) in [6.07, 6.45) is 4.68. The molecule has 0 saturated carbocycles. The molecule has 1 atom stereocenters. The van der Waals surface area contributed by atoms with Gasteiger partial charge in [0.05, 0.1) is 11.9 Å². The number of benzene rings is 3. The number of fused-ring (bicyclic) bond motifs is 1. The van der Waals surface area contributed by atoms with Crippen LogP contribution in [0.4, 0.5) is 0 Å². The van der Waals surface area contributed by atoms with E-state index in [-0.39, 0.29) is 17.4 Å². The Kier molecular flexibility index (Phi) is 6.12. The van der Waals surface area contributed by atoms with Gasteiger partial charge in [-0.25, -0.2) is 0 Å². The van der Waals surface area contributed by atoms with E-state index in [0.717, 1.165) is 29.7 Å². The first-order valence-corrected chi connectivity index (χ1v) is 11.7. The minimum absolute atomic E-state index is 0.0285. The van der Waals surface area contributed by atoms with Crippen LogP contribution in [0.1, 0.15) is 36.8 Å². The molecule has 0 bridgehead atoms. The van der Waals surface area contributed by atoms with Gasteiger partial charge in [0.1, 0.15) is 0 Å². The van der Waals surface area contributed by atoms with E-state index in [2.05, 4.69) is 51.2 Å². The first kappa shape index (κ1) is 21.9. The number of amides is 2. The average molecular weight is 453 g/mol. The van der Waals surface area contributed by atoms with Gasteiger partial charge in [0.25, 0.3) is 0 Å². The van der Waals surface area contributed by atoms with Crippen LogP contribution < -0.4 is 10.6 Å². The Hall–Kier alpha value is -3.93. The van der Waals surface area contributed by atoms with Gasteiger partial charge in [-0.3, -0.25) is 14.7 Å². The van der Waals surface area contributed by atoms with Crippen LogP contribution in [0.3, 0.4) is 0 Å². The highest BCUT2D eigenvalue weighted by Gasteiger charge is 2.37. The molecule has 0 radical (unpaired) electrons. The second-order valence-corrected chi connectivity index (χ2v) is 9.10. The summed E-state index contributed by atoms with van der Waals surface area (Å²) < 4.78 is 0. The first-order valence-electron chi connectivity index (χ1n) is 11.7. The minimum atomic E-state index is -0.387. The van der Waals surface area contributed by atoms with Crippen LogP contribution in [-0.2, 0) is 22.6 Å². The minimum Gasteiger partial charge on any atom is -0.352 e. The second-order valence-electron chi connectivity index (χ2n) is 9.10. The third-order valence-corrected chi connectivity index (χ3v) is 6.68. The summed E-state index contributed by atoms with van der Waals surface area (Å²) in [6.45, 7) is 0.406. The molecular formula is C28H28N4O2. The molecule has 1 aromatic heterocycles. The predicted octanol–water partition coefficient (Wildman–Crippen LogP) is 4.52. The van der Waals surface area contributed by atoms with Gasteiger partial charge >= 0.3 is 0 Å². The lowest BCUT2D eigenvalue weighted by Crippen LogP contribution is -2.44. The van der Waals surface area contributed by atoms with Gasteiger partial charge in [0.2, 0.25) is 11.8 Å². The van der Waals surface area contributed by atoms with E-state index < -0.39 is 0 Å². The standard InChI is InChI=1S/C28H28N4O2/c33-25(29-18-24-19-30-32-27(24)22-7-2-1-3-8-22)12-14-28(15-13-26(34)31-28)17-20-10-11-21-6-4-5-9-23(21)16-20/h1-11,16,19H,12-15,17-18H2,(H,29,33)(H,30,32)(H,31,34)/t28-/m0/s1. The van der Waals surface area contributed by atoms with Crippen LogP contribution in [0.5, 0.6) is 0 Å². The molecule has 0 aliphatic carbocycles. The van der Waals surface area contributed by atoms with Crippen molar-refractivity contribution in [2.45, 2.75) is 44.2 Å². The summed E-state index contributed by atoms with van der Waals surface area (Å²) in [5.74, 6) is 0.0337. The number of hydrogen-bond acceptors (Lipinski definition) is 3. The van der Waals surface area contributed by atoms with Crippen molar-refractivity contribution in [3.8, 4) is 11.3 Å². The number of rotatable bonds is 8. The van der Waals surface area contributed by atoms with Crippen molar-refractivity contribution in [1.29, 1.82) is 0 Å². The Morgan fingerprint density at radius 3 is 2.59 bits per heavy atom. The Balaban J connectivity index is 1.22. The zero-order valence-electron chi connectivity index (χ0n) is 19.0. The van der Waals surface area contributed by atoms with Crippen LogP contribution in [0.15, 0.2) is 79.0 Å². The van der Waals surface area contributed by atoms with Crippen molar-refractivity contribution in [3.63, 3.8) is 0 Å². The van der Waals surface area contributed by atoms with Crippen molar-refractivity contribution in [3.05, 3.63) is 90.1 Å². The van der Waals surface area contributed by atoms with Crippen LogP contribution in [0, 0.1) is 0 Å². The highest BCUT2D eigenvalue weighted by Crippen LogP contribution is 2.30. The average Bonchev–Trinajstić information content (AvgIpc) is 3.49. The lowest BCUT2D eigenvalue weighted by atomic mass is 9.84. The summed E-state index contributed by atoms with van der Waals surface area (Å²) in [5, 5.41) is 15.8. The number of aromatic amines is 1. The third-order valence-electron chi connectivity index (χ3n) is 6.68. The van der Waals surface area contributed by atoms with E-state index in [0.29, 0.717) is 25.8 Å². The van der Waals surface area contributed by atoms with Crippen molar-refractivity contribution >= 4 is 22.6 Å². The fourth-order valence-electron chi connectivity index (χ4n) is 4.86. The van der Waals surface area contributed by atoms with E-state index in [1.807, 2.05) is 42.5 Å². The Bertz CT molecular complexity index is 1310. The highest BCUT2D eigenvalue weighted by atomic mass is 16.2. The van der Waals surface area contributed by atoms with E-state index in [4.69, 9.17) is 0 Å². The summed E-state index contributed by atoms with van der Waals surface area (Å²) in [7, 11) is 0. The number of aromatic nitrogens is 2. The molecule has 34 heavy (non-hydrogen) atoms. The van der Waals surface area contributed by atoms with Crippen molar-refractivity contribution in [2.24, 2.45) is 0 Å². The van der Waals surface area contributed by atoms with Crippen LogP contribution in [0.25, 0.3) is 22.0 Å². The van der Waals surface area contributed by atoms with Gasteiger partial charge in [-0.05, 0) is 41.2 Å². The smallest absolute Gasteiger partial charge is 0.220 e. The Morgan fingerprint density at radius 1 is 1.00 bits per heavy atom. The summed E-state index contributed by atoms with van der Waals surface area (Å²) in [6, 6.07) is 24.6. The van der Waals surface area contributed by atoms with Gasteiger partial charge in [-0.2, -0.15) is 5.10 Å². The number of carbonyl (C=O) groups excluding carboxylic acids is 2. The van der Waals surface area contributed by atoms with E-state index in [1.54, 1.807) is 6.20 Å². The first-order chi connectivity index (χ1) is 16.6. The largest absolute Gasteiger partial charge is 0.352 e. The molecule has 0 unspecified atom stereocenters. The van der Waals surface area contributed by atoms with Crippen molar-refractivity contribution in [1.82, 2.24) is 20.8 Å².